The van der Waals surface area contributed by atoms with Crippen molar-refractivity contribution >= 4 is 39.9 Å². The van der Waals surface area contributed by atoms with Crippen molar-refractivity contribution in [3.8, 4) is 0 Å². The minimum absolute atomic E-state index is 0.145. The number of benzene rings is 1. The van der Waals surface area contributed by atoms with Gasteiger partial charge in [0.15, 0.2) is 11.6 Å². The van der Waals surface area contributed by atoms with Crippen molar-refractivity contribution in [3.05, 3.63) is 29.6 Å². The summed E-state index contributed by atoms with van der Waals surface area (Å²) in [5.74, 6) is -3.43. The van der Waals surface area contributed by atoms with E-state index in [-0.39, 0.29) is 16.4 Å². The highest BCUT2D eigenvalue weighted by atomic mass is 32.2. The highest BCUT2D eigenvalue weighted by molar-refractivity contribution is 8.23. The van der Waals surface area contributed by atoms with E-state index in [0.717, 1.165) is 4.90 Å². The third-order valence-corrected chi connectivity index (χ3v) is 3.58. The lowest BCUT2D eigenvalue weighted by Gasteiger charge is -2.27. The predicted molar refractivity (Wildman–Crippen MR) is 63.5 cm³/mol. The molecule has 1 heterocycles. The van der Waals surface area contributed by atoms with Crippen molar-refractivity contribution in [2.24, 2.45) is 0 Å². The first-order valence-corrected chi connectivity index (χ1v) is 6.04. The molecule has 1 fully saturated rings. The molecule has 0 bridgehead atoms. The first kappa shape index (κ1) is 12.4. The van der Waals surface area contributed by atoms with Crippen molar-refractivity contribution in [2.45, 2.75) is 6.42 Å². The Morgan fingerprint density at radius 2 is 1.82 bits per heavy atom. The molecule has 1 aliphatic heterocycles. The number of nitrogens with zero attached hydrogens (tertiary/aromatic N) is 1. The van der Waals surface area contributed by atoms with Crippen molar-refractivity contribution in [1.82, 2.24) is 0 Å². The van der Waals surface area contributed by atoms with Gasteiger partial charge in [0.1, 0.15) is 10.1 Å². The van der Waals surface area contributed by atoms with Crippen LogP contribution in [0.15, 0.2) is 12.1 Å². The maximum atomic E-state index is 13.5. The lowest BCUT2D eigenvalue weighted by molar-refractivity contribution is -0.117. The Bertz CT molecular complexity index is 491. The van der Waals surface area contributed by atoms with Gasteiger partial charge in [-0.05, 0) is 0 Å². The van der Waals surface area contributed by atoms with Gasteiger partial charge in [-0.1, -0.05) is 24.0 Å². The molecule has 2 nitrogen and oxygen atoms in total. The smallest absolute Gasteiger partial charge is 0.233 e. The van der Waals surface area contributed by atoms with Crippen molar-refractivity contribution < 1.29 is 18.0 Å². The minimum atomic E-state index is -1.30. The zero-order chi connectivity index (χ0) is 12.6. The van der Waals surface area contributed by atoms with Crippen LogP contribution in [-0.2, 0) is 4.79 Å². The highest BCUT2D eigenvalue weighted by Gasteiger charge is 2.28. The van der Waals surface area contributed by atoms with Gasteiger partial charge in [-0.25, -0.2) is 13.2 Å². The van der Waals surface area contributed by atoms with Gasteiger partial charge in [-0.2, -0.15) is 0 Å². The van der Waals surface area contributed by atoms with Crippen LogP contribution in [0.1, 0.15) is 6.42 Å². The molecular weight excluding hydrogens is 271 g/mol. The van der Waals surface area contributed by atoms with Gasteiger partial charge >= 0.3 is 0 Å². The summed E-state index contributed by atoms with van der Waals surface area (Å²) in [4.78, 5) is 12.5. The molecule has 7 heteroatoms. The van der Waals surface area contributed by atoms with E-state index in [9.17, 15) is 18.0 Å². The van der Waals surface area contributed by atoms with Gasteiger partial charge in [-0.15, -0.1) is 0 Å². The molecule has 1 saturated heterocycles. The molecule has 0 saturated carbocycles. The van der Waals surface area contributed by atoms with Crippen LogP contribution < -0.4 is 4.90 Å². The van der Waals surface area contributed by atoms with E-state index in [1.54, 1.807) is 0 Å². The predicted octanol–water partition coefficient (Wildman–Crippen LogP) is 2.86. The minimum Gasteiger partial charge on any atom is -0.274 e. The molecule has 0 radical (unpaired) electrons. The van der Waals surface area contributed by atoms with Crippen LogP contribution in [0.4, 0.5) is 18.9 Å². The summed E-state index contributed by atoms with van der Waals surface area (Å²) in [6.07, 6.45) is 0.184. The number of amides is 1. The maximum Gasteiger partial charge on any atom is 0.233 e. The van der Waals surface area contributed by atoms with Crippen molar-refractivity contribution in [1.29, 1.82) is 0 Å². The van der Waals surface area contributed by atoms with Gasteiger partial charge in [0, 0.05) is 24.3 Å². The van der Waals surface area contributed by atoms with Gasteiger partial charge < -0.3 is 0 Å². The number of thioether (sulfide) groups is 1. The molecule has 0 aliphatic carbocycles. The van der Waals surface area contributed by atoms with Crippen LogP contribution in [0, 0.1) is 17.5 Å². The summed E-state index contributed by atoms with van der Waals surface area (Å²) in [6.45, 7) is 0. The molecule has 1 aliphatic rings. The fourth-order valence-electron chi connectivity index (χ4n) is 1.42. The molecule has 0 N–H and O–H groups in total. The normalized spacial score (nSPS) is 16.5. The van der Waals surface area contributed by atoms with Crippen LogP contribution in [-0.4, -0.2) is 16.0 Å². The monoisotopic (exact) mass is 277 g/mol. The summed E-state index contributed by atoms with van der Waals surface area (Å²) in [5, 5.41) is 0. The number of thiocarbonyl (C=S) groups is 1. The van der Waals surface area contributed by atoms with Crippen LogP contribution in [0.2, 0.25) is 0 Å². The molecule has 0 spiro atoms. The molecule has 90 valence electrons. The molecule has 0 atom stereocenters. The SMILES string of the molecule is O=C1CCSC(=S)N1c1cc(F)c(F)cc1F. The zero-order valence-electron chi connectivity index (χ0n) is 8.37. The van der Waals surface area contributed by atoms with Crippen LogP contribution in [0.25, 0.3) is 0 Å². The van der Waals surface area contributed by atoms with E-state index in [0.29, 0.717) is 17.9 Å². The number of hydrogen-bond acceptors (Lipinski definition) is 3. The number of carbonyl (C=O) groups is 1. The number of hydrogen-bond donors (Lipinski definition) is 0. The Balaban J connectivity index is 2.48. The summed E-state index contributed by atoms with van der Waals surface area (Å²) in [6, 6.07) is 1.04. The number of halogens is 3. The Morgan fingerprint density at radius 1 is 1.18 bits per heavy atom. The molecule has 1 amide bonds. The Kier molecular flexibility index (Phi) is 3.39. The molecule has 17 heavy (non-hydrogen) atoms. The van der Waals surface area contributed by atoms with E-state index in [1.165, 1.54) is 11.8 Å². The lowest BCUT2D eigenvalue weighted by atomic mass is 10.2. The third-order valence-electron chi connectivity index (χ3n) is 2.20. The second kappa shape index (κ2) is 4.66. The zero-order valence-corrected chi connectivity index (χ0v) is 10.0. The maximum absolute atomic E-state index is 13.5. The Morgan fingerprint density at radius 3 is 2.47 bits per heavy atom. The molecule has 1 aromatic rings. The molecule has 0 unspecified atom stereocenters. The average molecular weight is 277 g/mol. The third kappa shape index (κ3) is 2.30. The molecule has 0 aromatic heterocycles. The second-order valence-electron chi connectivity index (χ2n) is 3.31. The van der Waals surface area contributed by atoms with E-state index < -0.39 is 23.4 Å². The lowest BCUT2D eigenvalue weighted by Crippen LogP contribution is -2.38. The van der Waals surface area contributed by atoms with Crippen molar-refractivity contribution in [2.75, 3.05) is 10.7 Å². The molecule has 1 aromatic carbocycles. The molecule has 2 rings (SSSR count). The van der Waals surface area contributed by atoms with E-state index in [2.05, 4.69) is 0 Å². The Labute approximate surface area is 105 Å². The van der Waals surface area contributed by atoms with E-state index >= 15 is 0 Å². The standard InChI is InChI=1S/C10H6F3NOS2/c11-5-3-7(13)8(4-6(5)12)14-9(15)1-2-17-10(14)16/h3-4H,1-2H2. The van der Waals surface area contributed by atoms with Gasteiger partial charge in [0.2, 0.25) is 5.91 Å². The van der Waals surface area contributed by atoms with Crippen LogP contribution >= 0.6 is 24.0 Å². The first-order valence-electron chi connectivity index (χ1n) is 4.65. The fraction of sp³-hybridized carbons (Fsp3) is 0.200. The average Bonchev–Trinajstić information content (AvgIpc) is 2.25. The van der Waals surface area contributed by atoms with E-state index in [1.807, 2.05) is 0 Å². The Hall–Kier alpha value is -1.08. The number of anilines is 1. The van der Waals surface area contributed by atoms with Gasteiger partial charge in [0.25, 0.3) is 0 Å². The topological polar surface area (TPSA) is 20.3 Å². The fourth-order valence-corrected chi connectivity index (χ4v) is 2.65. The first-order chi connectivity index (χ1) is 8.00. The quantitative estimate of drug-likeness (QED) is 0.581. The summed E-state index contributed by atoms with van der Waals surface area (Å²) < 4.78 is 39.4. The second-order valence-corrected chi connectivity index (χ2v) is 5.04. The molecular formula is C10H6F3NOS2. The highest BCUT2D eigenvalue weighted by Crippen LogP contribution is 2.29. The van der Waals surface area contributed by atoms with Crippen LogP contribution in [0.5, 0.6) is 0 Å². The summed E-state index contributed by atoms with van der Waals surface area (Å²) >= 11 is 6.10. The van der Waals surface area contributed by atoms with Crippen molar-refractivity contribution in [3.63, 3.8) is 0 Å². The van der Waals surface area contributed by atoms with Gasteiger partial charge in [0.05, 0.1) is 5.69 Å². The largest absolute Gasteiger partial charge is 0.274 e. The summed E-state index contributed by atoms with van der Waals surface area (Å²) in [7, 11) is 0. The number of rotatable bonds is 1. The number of carbonyl (C=O) groups excluding carboxylic acids is 1. The van der Waals surface area contributed by atoms with E-state index in [4.69, 9.17) is 12.2 Å². The summed E-state index contributed by atoms with van der Waals surface area (Å²) in [5.41, 5.74) is -0.342. The van der Waals surface area contributed by atoms with Crippen LogP contribution in [0.3, 0.4) is 0 Å². The van der Waals surface area contributed by atoms with Gasteiger partial charge in [-0.3, -0.25) is 9.69 Å².